The van der Waals surface area contributed by atoms with E-state index in [2.05, 4.69) is 13.8 Å². The Morgan fingerprint density at radius 2 is 2.19 bits per heavy atom. The molecule has 0 aliphatic heterocycles. The highest BCUT2D eigenvalue weighted by atomic mass is 32.2. The van der Waals surface area contributed by atoms with E-state index in [1.807, 2.05) is 0 Å². The van der Waals surface area contributed by atoms with E-state index in [0.29, 0.717) is 15.0 Å². The summed E-state index contributed by atoms with van der Waals surface area (Å²) >= 11 is 2.80. The summed E-state index contributed by atoms with van der Waals surface area (Å²) in [6.07, 6.45) is -0.642. The van der Waals surface area contributed by atoms with Crippen molar-refractivity contribution in [3.8, 4) is 0 Å². The average molecular weight is 261 g/mol. The van der Waals surface area contributed by atoms with Gasteiger partial charge in [-0.05, 0) is 12.8 Å². The van der Waals surface area contributed by atoms with E-state index in [1.165, 1.54) is 29.2 Å². The Labute approximate surface area is 103 Å². The minimum atomic E-state index is -0.642. The van der Waals surface area contributed by atoms with E-state index in [-0.39, 0.29) is 10.6 Å². The highest BCUT2D eigenvalue weighted by molar-refractivity contribution is 8.01. The maximum atomic E-state index is 10.8. The van der Waals surface area contributed by atoms with Gasteiger partial charge in [-0.15, -0.1) is 23.1 Å². The van der Waals surface area contributed by atoms with Gasteiger partial charge in [0.05, 0.1) is 11.0 Å². The third-order valence-corrected chi connectivity index (χ3v) is 4.85. The molecule has 0 fully saturated rings. The molecule has 0 saturated heterocycles. The van der Waals surface area contributed by atoms with Crippen LogP contribution in [0.2, 0.25) is 0 Å². The van der Waals surface area contributed by atoms with Crippen molar-refractivity contribution >= 4 is 28.8 Å². The fourth-order valence-corrected chi connectivity index (χ4v) is 3.35. The third-order valence-electron chi connectivity index (χ3n) is 1.85. The molecule has 1 rings (SSSR count). The van der Waals surface area contributed by atoms with Crippen LogP contribution in [0.3, 0.4) is 0 Å². The van der Waals surface area contributed by atoms with E-state index in [1.54, 1.807) is 6.92 Å². The van der Waals surface area contributed by atoms with Crippen molar-refractivity contribution in [3.05, 3.63) is 21.1 Å². The first kappa shape index (κ1) is 13.5. The lowest BCUT2D eigenvalue weighted by molar-refractivity contribution is -0.387. The fourth-order valence-electron chi connectivity index (χ4n) is 1.06. The molecule has 0 aliphatic rings. The second-order valence-corrected chi connectivity index (χ2v) is 6.33. The molecule has 1 unspecified atom stereocenters. The van der Waals surface area contributed by atoms with E-state index < -0.39 is 6.10 Å². The van der Waals surface area contributed by atoms with Crippen LogP contribution in [0.15, 0.2) is 10.3 Å². The summed E-state index contributed by atoms with van der Waals surface area (Å²) < 4.78 is 0.689. The quantitative estimate of drug-likeness (QED) is 0.501. The monoisotopic (exact) mass is 261 g/mol. The van der Waals surface area contributed by atoms with Gasteiger partial charge in [0, 0.05) is 16.7 Å². The van der Waals surface area contributed by atoms with Crippen LogP contribution in [-0.4, -0.2) is 15.8 Å². The molecule has 0 radical (unpaired) electrons. The summed E-state index contributed by atoms with van der Waals surface area (Å²) in [4.78, 5) is 11.1. The molecule has 6 heteroatoms. The summed E-state index contributed by atoms with van der Waals surface area (Å²) in [7, 11) is 0. The minimum Gasteiger partial charge on any atom is -0.388 e. The lowest BCUT2D eigenvalue weighted by Gasteiger charge is -2.01. The number of thioether (sulfide) groups is 1. The first-order chi connectivity index (χ1) is 7.41. The zero-order valence-electron chi connectivity index (χ0n) is 9.47. The van der Waals surface area contributed by atoms with Crippen molar-refractivity contribution in [2.24, 2.45) is 5.92 Å². The van der Waals surface area contributed by atoms with Crippen LogP contribution in [0.4, 0.5) is 5.69 Å². The van der Waals surface area contributed by atoms with E-state index in [0.717, 1.165) is 5.75 Å². The Balaban J connectivity index is 2.91. The van der Waals surface area contributed by atoms with Crippen LogP contribution >= 0.6 is 23.1 Å². The zero-order chi connectivity index (χ0) is 12.3. The largest absolute Gasteiger partial charge is 0.388 e. The van der Waals surface area contributed by atoms with Gasteiger partial charge in [0.25, 0.3) is 5.69 Å². The van der Waals surface area contributed by atoms with Crippen LogP contribution in [-0.2, 0) is 0 Å². The van der Waals surface area contributed by atoms with Crippen molar-refractivity contribution in [2.45, 2.75) is 31.1 Å². The Morgan fingerprint density at radius 3 is 2.62 bits per heavy atom. The number of rotatable bonds is 5. The number of aliphatic hydroxyl groups is 1. The Morgan fingerprint density at radius 1 is 1.56 bits per heavy atom. The molecule has 1 atom stereocenters. The standard InChI is InChI=1S/C10H15NO3S2/c1-6(2)5-15-10-8(11(13)14)4-9(16-10)7(3)12/h4,6-7,12H,5H2,1-3H3. The van der Waals surface area contributed by atoms with Crippen molar-refractivity contribution in [3.63, 3.8) is 0 Å². The SMILES string of the molecule is CC(C)CSc1sc(C(C)O)cc1[N+](=O)[O-]. The molecule has 1 aromatic heterocycles. The predicted molar refractivity (Wildman–Crippen MR) is 67.2 cm³/mol. The lowest BCUT2D eigenvalue weighted by atomic mass is 10.3. The number of aliphatic hydroxyl groups excluding tert-OH is 1. The molecule has 1 N–H and O–H groups in total. The Kier molecular flexibility index (Phi) is 4.76. The number of hydrogen-bond acceptors (Lipinski definition) is 5. The predicted octanol–water partition coefficient (Wildman–Crippen LogP) is 3.46. The summed E-state index contributed by atoms with van der Waals surface area (Å²) in [6.45, 7) is 5.76. The van der Waals surface area contributed by atoms with Gasteiger partial charge in [-0.25, -0.2) is 0 Å². The van der Waals surface area contributed by atoms with Crippen molar-refractivity contribution in [1.29, 1.82) is 0 Å². The van der Waals surface area contributed by atoms with Crippen molar-refractivity contribution in [2.75, 3.05) is 5.75 Å². The first-order valence-electron chi connectivity index (χ1n) is 5.00. The van der Waals surface area contributed by atoms with Gasteiger partial charge >= 0.3 is 0 Å². The number of nitrogens with zero attached hydrogens (tertiary/aromatic N) is 1. The smallest absolute Gasteiger partial charge is 0.294 e. The molecule has 16 heavy (non-hydrogen) atoms. The molecule has 90 valence electrons. The summed E-state index contributed by atoms with van der Waals surface area (Å²) in [5.74, 6) is 1.34. The minimum absolute atomic E-state index is 0.117. The van der Waals surface area contributed by atoms with Crippen LogP contribution in [0.1, 0.15) is 31.8 Å². The zero-order valence-corrected chi connectivity index (χ0v) is 11.1. The van der Waals surface area contributed by atoms with Crippen LogP contribution in [0.25, 0.3) is 0 Å². The first-order valence-corrected chi connectivity index (χ1v) is 6.81. The number of thiophene rings is 1. The van der Waals surface area contributed by atoms with Crippen LogP contribution in [0, 0.1) is 16.0 Å². The second kappa shape index (κ2) is 5.65. The number of nitro groups is 1. The fraction of sp³-hybridized carbons (Fsp3) is 0.600. The molecule has 0 aromatic carbocycles. The van der Waals surface area contributed by atoms with Gasteiger partial charge < -0.3 is 5.11 Å². The van der Waals surface area contributed by atoms with E-state index in [9.17, 15) is 15.2 Å². The second-order valence-electron chi connectivity index (χ2n) is 3.96. The molecular weight excluding hydrogens is 246 g/mol. The van der Waals surface area contributed by atoms with Gasteiger partial charge in [-0.3, -0.25) is 10.1 Å². The third kappa shape index (κ3) is 3.47. The van der Waals surface area contributed by atoms with E-state index >= 15 is 0 Å². The van der Waals surface area contributed by atoms with E-state index in [4.69, 9.17) is 0 Å². The molecule has 0 aliphatic carbocycles. The average Bonchev–Trinajstić information content (AvgIpc) is 2.58. The van der Waals surface area contributed by atoms with Crippen molar-refractivity contribution in [1.82, 2.24) is 0 Å². The highest BCUT2D eigenvalue weighted by Crippen LogP contribution is 2.40. The van der Waals surface area contributed by atoms with Gasteiger partial charge in [-0.2, -0.15) is 0 Å². The molecule has 0 spiro atoms. The molecular formula is C10H15NO3S2. The number of hydrogen-bond donors (Lipinski definition) is 1. The van der Waals surface area contributed by atoms with Crippen LogP contribution < -0.4 is 0 Å². The molecule has 0 saturated carbocycles. The van der Waals surface area contributed by atoms with Crippen LogP contribution in [0.5, 0.6) is 0 Å². The lowest BCUT2D eigenvalue weighted by Crippen LogP contribution is -1.91. The molecule has 4 nitrogen and oxygen atoms in total. The molecule has 1 heterocycles. The van der Waals surface area contributed by atoms with Crippen molar-refractivity contribution < 1.29 is 10.0 Å². The topological polar surface area (TPSA) is 63.4 Å². The Hall–Kier alpha value is -0.590. The maximum Gasteiger partial charge on any atom is 0.294 e. The Bertz CT molecular complexity index is 374. The molecule has 0 bridgehead atoms. The van der Waals surface area contributed by atoms with Gasteiger partial charge in [-0.1, -0.05) is 13.8 Å². The van der Waals surface area contributed by atoms with Gasteiger partial charge in [0.1, 0.15) is 4.21 Å². The highest BCUT2D eigenvalue weighted by Gasteiger charge is 2.21. The maximum absolute atomic E-state index is 10.8. The van der Waals surface area contributed by atoms with Gasteiger partial charge in [0.2, 0.25) is 0 Å². The molecule has 1 aromatic rings. The summed E-state index contributed by atoms with van der Waals surface area (Å²) in [5, 5.41) is 20.2. The summed E-state index contributed by atoms with van der Waals surface area (Å²) in [5.41, 5.74) is 0.117. The molecule has 0 amide bonds. The van der Waals surface area contributed by atoms with Gasteiger partial charge in [0.15, 0.2) is 0 Å². The summed E-state index contributed by atoms with van der Waals surface area (Å²) in [6, 6.07) is 1.47. The normalized spacial score (nSPS) is 13.1.